The number of rotatable bonds is 16. The van der Waals surface area contributed by atoms with Crippen LogP contribution in [0.15, 0.2) is 0 Å². The Kier molecular flexibility index (Phi) is 15.6. The Morgan fingerprint density at radius 1 is 0.654 bits per heavy atom. The number of unbranched alkanes of at least 4 members (excludes halogenated alkanes) is 4. The first kappa shape index (κ1) is 24.3. The predicted octanol–water partition coefficient (Wildman–Crippen LogP) is -1.35. The number of carbonyl (C=O) groups excluding carboxylic acids is 3. The van der Waals surface area contributed by atoms with Crippen molar-refractivity contribution in [2.75, 3.05) is 45.8 Å². The number of carbonyl (C=O) groups is 3. The second-order valence-electron chi connectivity index (χ2n) is 6.19. The van der Waals surface area contributed by atoms with Crippen molar-refractivity contribution in [3.63, 3.8) is 0 Å². The molecule has 26 heavy (non-hydrogen) atoms. The molecule has 0 saturated carbocycles. The minimum atomic E-state index is -0.302. The lowest BCUT2D eigenvalue weighted by atomic mass is 10.2. The summed E-state index contributed by atoms with van der Waals surface area (Å²) in [6, 6.07) is 0. The Morgan fingerprint density at radius 3 is 1.50 bits per heavy atom. The topological polar surface area (TPSA) is 157 Å². The fourth-order valence-electron chi connectivity index (χ4n) is 2.32. The van der Waals surface area contributed by atoms with E-state index in [1.807, 2.05) is 0 Å². The maximum Gasteiger partial charge on any atom is 0.239 e. The molecule has 3 amide bonds. The summed E-state index contributed by atoms with van der Waals surface area (Å²) in [4.78, 5) is 37.4. The van der Waals surface area contributed by atoms with Crippen LogP contribution in [0.25, 0.3) is 0 Å². The minimum Gasteiger partial charge on any atom is -0.355 e. The first-order valence-electron chi connectivity index (χ1n) is 9.46. The lowest BCUT2D eigenvalue weighted by Crippen LogP contribution is -2.46. The molecule has 0 aliphatic rings. The van der Waals surface area contributed by atoms with Gasteiger partial charge >= 0.3 is 0 Å². The second kappa shape index (κ2) is 16.7. The Bertz CT molecular complexity index is 378. The van der Waals surface area contributed by atoms with Crippen LogP contribution in [0.5, 0.6) is 0 Å². The Labute approximate surface area is 156 Å². The van der Waals surface area contributed by atoms with E-state index in [1.165, 1.54) is 4.90 Å². The summed E-state index contributed by atoms with van der Waals surface area (Å²) >= 11 is 0. The average molecular weight is 373 g/mol. The number of amides is 3. The van der Waals surface area contributed by atoms with E-state index in [0.717, 1.165) is 38.5 Å². The first-order valence-corrected chi connectivity index (χ1v) is 9.46. The number of nitrogens with one attached hydrogen (secondary N) is 2. The molecular formula is C17H36N6O3. The minimum absolute atomic E-state index is 0.105. The van der Waals surface area contributed by atoms with E-state index in [9.17, 15) is 14.4 Å². The molecule has 0 aromatic carbocycles. The van der Waals surface area contributed by atoms with Crippen molar-refractivity contribution in [3.8, 4) is 0 Å². The predicted molar refractivity (Wildman–Crippen MR) is 102 cm³/mol. The zero-order valence-electron chi connectivity index (χ0n) is 15.8. The monoisotopic (exact) mass is 372 g/mol. The molecule has 0 aliphatic heterocycles. The summed E-state index contributed by atoms with van der Waals surface area (Å²) in [5.74, 6) is -0.859. The Morgan fingerprint density at radius 2 is 1.12 bits per heavy atom. The largest absolute Gasteiger partial charge is 0.355 e. The summed E-state index contributed by atoms with van der Waals surface area (Å²) in [6.07, 6.45) is 5.50. The average Bonchev–Trinajstić information content (AvgIpc) is 2.61. The van der Waals surface area contributed by atoms with Crippen LogP contribution < -0.4 is 27.8 Å². The maximum atomic E-state index is 12.1. The van der Waals surface area contributed by atoms with E-state index < -0.39 is 0 Å². The highest BCUT2D eigenvalue weighted by Gasteiger charge is 2.19. The van der Waals surface area contributed by atoms with Crippen molar-refractivity contribution in [3.05, 3.63) is 0 Å². The molecule has 0 aromatic heterocycles. The van der Waals surface area contributed by atoms with Crippen LogP contribution in [0.3, 0.4) is 0 Å². The molecule has 0 aliphatic carbocycles. The summed E-state index contributed by atoms with van der Waals surface area (Å²) in [6.45, 7) is 2.23. The summed E-state index contributed by atoms with van der Waals surface area (Å²) in [7, 11) is 0. The van der Waals surface area contributed by atoms with Crippen LogP contribution in [0.1, 0.15) is 44.9 Å². The van der Waals surface area contributed by atoms with E-state index in [2.05, 4.69) is 10.6 Å². The van der Waals surface area contributed by atoms with Crippen molar-refractivity contribution in [2.45, 2.75) is 44.9 Å². The van der Waals surface area contributed by atoms with Crippen molar-refractivity contribution in [2.24, 2.45) is 17.2 Å². The van der Waals surface area contributed by atoms with Gasteiger partial charge in [0.25, 0.3) is 0 Å². The zero-order valence-corrected chi connectivity index (χ0v) is 15.8. The third-order valence-electron chi connectivity index (χ3n) is 3.79. The van der Waals surface area contributed by atoms with Gasteiger partial charge in [0, 0.05) is 26.1 Å². The van der Waals surface area contributed by atoms with E-state index in [-0.39, 0.29) is 43.8 Å². The molecule has 0 heterocycles. The van der Waals surface area contributed by atoms with Gasteiger partial charge in [-0.1, -0.05) is 12.8 Å². The quantitative estimate of drug-likeness (QED) is 0.211. The molecule has 0 radical (unpaired) electrons. The molecule has 0 aromatic rings. The number of hydrogen-bond acceptors (Lipinski definition) is 6. The SMILES string of the molecule is NCCCCCNC(=O)CN(CC(=O)NCCCCCN)C(=O)CCN. The van der Waals surface area contributed by atoms with Gasteiger partial charge in [-0.3, -0.25) is 14.4 Å². The van der Waals surface area contributed by atoms with Gasteiger partial charge in [-0.2, -0.15) is 0 Å². The molecule has 152 valence electrons. The normalized spacial score (nSPS) is 10.4. The number of nitrogens with zero attached hydrogens (tertiary/aromatic N) is 1. The lowest BCUT2D eigenvalue weighted by molar-refractivity contribution is -0.139. The molecule has 8 N–H and O–H groups in total. The smallest absolute Gasteiger partial charge is 0.239 e. The molecule has 9 nitrogen and oxygen atoms in total. The van der Waals surface area contributed by atoms with Crippen LogP contribution in [0, 0.1) is 0 Å². The van der Waals surface area contributed by atoms with Crippen LogP contribution in [0.4, 0.5) is 0 Å². The fraction of sp³-hybridized carbons (Fsp3) is 0.824. The Balaban J connectivity index is 4.27. The molecule has 0 atom stereocenters. The van der Waals surface area contributed by atoms with Gasteiger partial charge in [0.2, 0.25) is 17.7 Å². The zero-order chi connectivity index (χ0) is 19.6. The first-order chi connectivity index (χ1) is 12.5. The molecular weight excluding hydrogens is 336 g/mol. The highest BCUT2D eigenvalue weighted by atomic mass is 16.2. The highest BCUT2D eigenvalue weighted by molar-refractivity contribution is 5.89. The summed E-state index contributed by atoms with van der Waals surface area (Å²) in [5, 5.41) is 5.52. The van der Waals surface area contributed by atoms with Crippen molar-refractivity contribution in [1.29, 1.82) is 0 Å². The van der Waals surface area contributed by atoms with Gasteiger partial charge in [-0.05, 0) is 38.8 Å². The van der Waals surface area contributed by atoms with Gasteiger partial charge in [-0.25, -0.2) is 0 Å². The molecule has 0 unspecified atom stereocenters. The van der Waals surface area contributed by atoms with Gasteiger partial charge in [0.1, 0.15) is 13.1 Å². The van der Waals surface area contributed by atoms with Crippen molar-refractivity contribution < 1.29 is 14.4 Å². The Hall–Kier alpha value is -1.71. The lowest BCUT2D eigenvalue weighted by Gasteiger charge is -2.21. The van der Waals surface area contributed by atoms with Crippen molar-refractivity contribution in [1.82, 2.24) is 15.5 Å². The maximum absolute atomic E-state index is 12.1. The van der Waals surface area contributed by atoms with Crippen LogP contribution in [0.2, 0.25) is 0 Å². The second-order valence-corrected chi connectivity index (χ2v) is 6.19. The van der Waals surface area contributed by atoms with Crippen LogP contribution in [-0.4, -0.2) is 68.4 Å². The molecule has 0 bridgehead atoms. The number of hydrogen-bond donors (Lipinski definition) is 5. The molecule has 0 spiro atoms. The molecule has 0 saturated heterocycles. The van der Waals surface area contributed by atoms with Crippen LogP contribution >= 0.6 is 0 Å². The van der Waals surface area contributed by atoms with Gasteiger partial charge in [-0.15, -0.1) is 0 Å². The van der Waals surface area contributed by atoms with E-state index >= 15 is 0 Å². The summed E-state index contributed by atoms with van der Waals surface area (Å²) in [5.41, 5.74) is 16.2. The summed E-state index contributed by atoms with van der Waals surface area (Å²) < 4.78 is 0. The van der Waals surface area contributed by atoms with E-state index in [0.29, 0.717) is 26.2 Å². The molecule has 9 heteroatoms. The molecule has 0 fully saturated rings. The van der Waals surface area contributed by atoms with Crippen molar-refractivity contribution >= 4 is 17.7 Å². The standard InChI is InChI=1S/C17H36N6O3/c18-8-3-1-5-11-21-15(24)13-23(17(26)7-10-20)14-16(25)22-12-6-2-4-9-19/h1-14,18-20H2,(H,21,24)(H,22,25). The number of nitrogens with two attached hydrogens (primary N) is 3. The highest BCUT2D eigenvalue weighted by Crippen LogP contribution is 1.96. The van der Waals surface area contributed by atoms with Gasteiger partial charge in [0.15, 0.2) is 0 Å². The van der Waals surface area contributed by atoms with E-state index in [4.69, 9.17) is 17.2 Å². The van der Waals surface area contributed by atoms with Gasteiger partial charge < -0.3 is 32.7 Å². The van der Waals surface area contributed by atoms with E-state index in [1.54, 1.807) is 0 Å². The fourth-order valence-corrected chi connectivity index (χ4v) is 2.32. The van der Waals surface area contributed by atoms with Crippen LogP contribution in [-0.2, 0) is 14.4 Å². The van der Waals surface area contributed by atoms with Gasteiger partial charge in [0.05, 0.1) is 0 Å². The third kappa shape index (κ3) is 13.6. The third-order valence-corrected chi connectivity index (χ3v) is 3.79. The molecule has 0 rings (SSSR count).